The van der Waals surface area contributed by atoms with Gasteiger partial charge in [-0.2, -0.15) is 5.26 Å². The largest absolute Gasteiger partial charge is 0.457 e. The summed E-state index contributed by atoms with van der Waals surface area (Å²) in [6.45, 7) is 8.70. The highest BCUT2D eigenvalue weighted by atomic mass is 16.5. The molecule has 0 aliphatic rings. The molecule has 0 saturated carbocycles. The minimum atomic E-state index is 0.0914. The molecule has 2 aromatic rings. The summed E-state index contributed by atoms with van der Waals surface area (Å²) in [5.41, 5.74) is 3.28. The van der Waals surface area contributed by atoms with Crippen molar-refractivity contribution >= 4 is 0 Å². The molecule has 0 N–H and O–H groups in total. The first-order chi connectivity index (χ1) is 9.40. The third kappa shape index (κ3) is 3.19. The lowest BCUT2D eigenvalue weighted by atomic mass is 9.84. The van der Waals surface area contributed by atoms with Crippen molar-refractivity contribution in [3.05, 3.63) is 59.2 Å². The highest BCUT2D eigenvalue weighted by Crippen LogP contribution is 2.31. The molecule has 2 heteroatoms. The number of hydrogen-bond donors (Lipinski definition) is 0. The average molecular weight is 265 g/mol. The molecule has 0 aromatic heterocycles. The Labute approximate surface area is 120 Å². The maximum Gasteiger partial charge on any atom is 0.127 e. The maximum atomic E-state index is 8.78. The first-order valence-corrected chi connectivity index (χ1v) is 6.69. The molecule has 0 spiro atoms. The van der Waals surface area contributed by atoms with E-state index in [1.54, 1.807) is 12.1 Å². The number of nitriles is 1. The Morgan fingerprint density at radius 1 is 0.950 bits per heavy atom. The third-order valence-corrected chi connectivity index (χ3v) is 3.24. The SMILES string of the molecule is Cc1ccc(Oc2ccc(C#N)cc2)cc1C(C)(C)C. The Morgan fingerprint density at radius 2 is 1.55 bits per heavy atom. The molecule has 0 radical (unpaired) electrons. The first-order valence-electron chi connectivity index (χ1n) is 6.69. The third-order valence-electron chi connectivity index (χ3n) is 3.24. The van der Waals surface area contributed by atoms with Gasteiger partial charge in [0.05, 0.1) is 11.6 Å². The molecule has 20 heavy (non-hydrogen) atoms. The molecular formula is C18H19NO. The summed E-state index contributed by atoms with van der Waals surface area (Å²) in [4.78, 5) is 0. The number of ether oxygens (including phenoxy) is 1. The van der Waals surface area contributed by atoms with Crippen molar-refractivity contribution in [2.45, 2.75) is 33.1 Å². The lowest BCUT2D eigenvalue weighted by Crippen LogP contribution is -2.12. The van der Waals surface area contributed by atoms with Crippen LogP contribution in [0.15, 0.2) is 42.5 Å². The minimum absolute atomic E-state index is 0.0914. The van der Waals surface area contributed by atoms with Crippen molar-refractivity contribution in [1.29, 1.82) is 5.26 Å². The first kappa shape index (κ1) is 14.1. The summed E-state index contributed by atoms with van der Waals surface area (Å²) < 4.78 is 5.86. The predicted molar refractivity (Wildman–Crippen MR) is 81.1 cm³/mol. The van der Waals surface area contributed by atoms with Gasteiger partial charge >= 0.3 is 0 Å². The van der Waals surface area contributed by atoms with E-state index >= 15 is 0 Å². The van der Waals surface area contributed by atoms with Crippen LogP contribution in [0.25, 0.3) is 0 Å². The van der Waals surface area contributed by atoms with Gasteiger partial charge in [-0.3, -0.25) is 0 Å². The molecule has 2 nitrogen and oxygen atoms in total. The summed E-state index contributed by atoms with van der Waals surface area (Å²) in [6.07, 6.45) is 0. The van der Waals surface area contributed by atoms with Crippen molar-refractivity contribution in [2.24, 2.45) is 0 Å². The molecule has 102 valence electrons. The highest BCUT2D eigenvalue weighted by Gasteiger charge is 2.17. The lowest BCUT2D eigenvalue weighted by molar-refractivity contribution is 0.478. The summed E-state index contributed by atoms with van der Waals surface area (Å²) >= 11 is 0. The van der Waals surface area contributed by atoms with E-state index in [9.17, 15) is 0 Å². The maximum absolute atomic E-state index is 8.78. The molecular weight excluding hydrogens is 246 g/mol. The van der Waals surface area contributed by atoms with Gasteiger partial charge in [-0.25, -0.2) is 0 Å². The summed E-state index contributed by atoms with van der Waals surface area (Å²) in [5.74, 6) is 1.57. The van der Waals surface area contributed by atoms with Gasteiger partial charge in [-0.05, 0) is 59.9 Å². The van der Waals surface area contributed by atoms with Gasteiger partial charge < -0.3 is 4.74 Å². The second-order valence-electron chi connectivity index (χ2n) is 5.96. The normalized spacial score (nSPS) is 10.9. The van der Waals surface area contributed by atoms with E-state index in [0.29, 0.717) is 5.56 Å². The van der Waals surface area contributed by atoms with Crippen LogP contribution in [0.2, 0.25) is 0 Å². The summed E-state index contributed by atoms with van der Waals surface area (Å²) in [5, 5.41) is 8.78. The molecule has 0 fully saturated rings. The van der Waals surface area contributed by atoms with Crippen LogP contribution in [0.3, 0.4) is 0 Å². The van der Waals surface area contributed by atoms with Gasteiger partial charge in [0.15, 0.2) is 0 Å². The second-order valence-corrected chi connectivity index (χ2v) is 5.96. The molecule has 0 aliphatic heterocycles. The Balaban J connectivity index is 2.28. The zero-order valence-electron chi connectivity index (χ0n) is 12.4. The fourth-order valence-electron chi connectivity index (χ4n) is 2.21. The van der Waals surface area contributed by atoms with Crippen molar-refractivity contribution in [3.8, 4) is 17.6 Å². The number of aryl methyl sites for hydroxylation is 1. The Hall–Kier alpha value is -2.27. The smallest absolute Gasteiger partial charge is 0.127 e. The molecule has 0 bridgehead atoms. The van der Waals surface area contributed by atoms with Crippen LogP contribution in [0.5, 0.6) is 11.5 Å². The highest BCUT2D eigenvalue weighted by molar-refractivity contribution is 5.42. The molecule has 0 saturated heterocycles. The van der Waals surface area contributed by atoms with Crippen LogP contribution >= 0.6 is 0 Å². The van der Waals surface area contributed by atoms with Gasteiger partial charge in [0.25, 0.3) is 0 Å². The van der Waals surface area contributed by atoms with Gasteiger partial charge in [-0.15, -0.1) is 0 Å². The van der Waals surface area contributed by atoms with Crippen molar-refractivity contribution < 1.29 is 4.74 Å². The van der Waals surface area contributed by atoms with Gasteiger partial charge in [-0.1, -0.05) is 26.8 Å². The van der Waals surface area contributed by atoms with Crippen LogP contribution in [-0.4, -0.2) is 0 Å². The van der Waals surface area contributed by atoms with E-state index in [1.165, 1.54) is 11.1 Å². The molecule has 2 rings (SSSR count). The van der Waals surface area contributed by atoms with E-state index < -0.39 is 0 Å². The molecule has 2 aromatic carbocycles. The van der Waals surface area contributed by atoms with Crippen LogP contribution in [0.4, 0.5) is 0 Å². The van der Waals surface area contributed by atoms with Crippen LogP contribution in [-0.2, 0) is 5.41 Å². The topological polar surface area (TPSA) is 33.0 Å². The van der Waals surface area contributed by atoms with E-state index in [-0.39, 0.29) is 5.41 Å². The van der Waals surface area contributed by atoms with Crippen molar-refractivity contribution in [1.82, 2.24) is 0 Å². The summed E-state index contributed by atoms with van der Waals surface area (Å²) in [6, 6.07) is 15.4. The van der Waals surface area contributed by atoms with Crippen molar-refractivity contribution in [3.63, 3.8) is 0 Å². The van der Waals surface area contributed by atoms with E-state index in [2.05, 4.69) is 45.9 Å². The van der Waals surface area contributed by atoms with Crippen molar-refractivity contribution in [2.75, 3.05) is 0 Å². The Morgan fingerprint density at radius 3 is 2.10 bits per heavy atom. The molecule has 0 heterocycles. The molecule has 0 amide bonds. The fourth-order valence-corrected chi connectivity index (χ4v) is 2.21. The van der Waals surface area contributed by atoms with Gasteiger partial charge in [0, 0.05) is 0 Å². The molecule has 0 atom stereocenters. The van der Waals surface area contributed by atoms with E-state index in [1.807, 2.05) is 18.2 Å². The standard InChI is InChI=1S/C18H19NO/c1-13-5-8-16(11-17(13)18(2,3)4)20-15-9-6-14(12-19)7-10-15/h5-11H,1-4H3. The Kier molecular flexibility index (Phi) is 3.81. The van der Waals surface area contributed by atoms with Crippen LogP contribution < -0.4 is 4.74 Å². The number of hydrogen-bond acceptors (Lipinski definition) is 2. The monoisotopic (exact) mass is 265 g/mol. The van der Waals surface area contributed by atoms with Gasteiger partial charge in [0.1, 0.15) is 11.5 Å². The predicted octanol–water partition coefficient (Wildman–Crippen LogP) is 4.96. The zero-order valence-corrected chi connectivity index (χ0v) is 12.4. The molecule has 0 aliphatic carbocycles. The van der Waals surface area contributed by atoms with Crippen LogP contribution in [0, 0.1) is 18.3 Å². The van der Waals surface area contributed by atoms with E-state index in [4.69, 9.17) is 10.00 Å². The summed E-state index contributed by atoms with van der Waals surface area (Å²) in [7, 11) is 0. The quantitative estimate of drug-likeness (QED) is 0.769. The zero-order chi connectivity index (χ0) is 14.8. The number of nitrogens with zero attached hydrogens (tertiary/aromatic N) is 1. The fraction of sp³-hybridized carbons (Fsp3) is 0.278. The number of benzene rings is 2. The lowest BCUT2D eigenvalue weighted by Gasteiger charge is -2.22. The average Bonchev–Trinajstić information content (AvgIpc) is 2.40. The van der Waals surface area contributed by atoms with Crippen LogP contribution in [0.1, 0.15) is 37.5 Å². The second kappa shape index (κ2) is 5.38. The van der Waals surface area contributed by atoms with E-state index in [0.717, 1.165) is 11.5 Å². The van der Waals surface area contributed by atoms with Gasteiger partial charge in [0.2, 0.25) is 0 Å². The molecule has 0 unspecified atom stereocenters. The Bertz CT molecular complexity index is 643. The minimum Gasteiger partial charge on any atom is -0.457 e. The number of rotatable bonds is 2.